The average Bonchev–Trinajstić information content (AvgIpc) is 3.41. The quantitative estimate of drug-likeness (QED) is 0.629. The molecule has 1 atom stereocenters. The SMILES string of the molecule is CC(C)n1cccc1CNC(=O)CCN1C(=O)c2ccccc2N2C(=O)c3ccccc3[C@@H]12. The Morgan fingerprint density at radius 3 is 2.45 bits per heavy atom. The third kappa shape index (κ3) is 3.50. The van der Waals surface area contributed by atoms with Crippen LogP contribution in [-0.2, 0) is 11.3 Å². The Morgan fingerprint density at radius 1 is 0.939 bits per heavy atom. The standard InChI is InChI=1S/C26H26N4O3/c1-17(2)28-14-7-8-18(28)16-27-23(31)13-15-29-24-19-9-3-4-10-20(19)26(33)30(24)22-12-6-5-11-21(22)25(29)32/h3-12,14,17,24H,13,15-16H2,1-2H3,(H,27,31)/t24-/m0/s1. The number of hydrogen-bond acceptors (Lipinski definition) is 3. The number of benzene rings is 2. The van der Waals surface area contributed by atoms with E-state index in [1.165, 1.54) is 0 Å². The molecule has 3 heterocycles. The summed E-state index contributed by atoms with van der Waals surface area (Å²) in [6.07, 6.45) is 1.61. The van der Waals surface area contributed by atoms with Crippen LogP contribution in [0.1, 0.15) is 64.4 Å². The molecule has 0 saturated carbocycles. The van der Waals surface area contributed by atoms with Gasteiger partial charge in [0, 0.05) is 42.0 Å². The van der Waals surface area contributed by atoms with E-state index in [1.54, 1.807) is 34.1 Å². The van der Waals surface area contributed by atoms with Crippen LogP contribution in [0, 0.1) is 0 Å². The van der Waals surface area contributed by atoms with Gasteiger partial charge in [0.2, 0.25) is 5.91 Å². The molecule has 2 aliphatic heterocycles. The van der Waals surface area contributed by atoms with Gasteiger partial charge in [0.1, 0.15) is 6.17 Å². The molecule has 0 unspecified atom stereocenters. The highest BCUT2D eigenvalue weighted by Crippen LogP contribution is 2.45. The van der Waals surface area contributed by atoms with Crippen molar-refractivity contribution in [3.05, 3.63) is 89.2 Å². The van der Waals surface area contributed by atoms with E-state index in [-0.39, 0.29) is 30.7 Å². The van der Waals surface area contributed by atoms with E-state index in [9.17, 15) is 14.4 Å². The van der Waals surface area contributed by atoms with Crippen LogP contribution in [0.15, 0.2) is 66.9 Å². The van der Waals surface area contributed by atoms with Crippen LogP contribution >= 0.6 is 0 Å². The molecule has 0 saturated heterocycles. The van der Waals surface area contributed by atoms with Crippen molar-refractivity contribution >= 4 is 23.4 Å². The van der Waals surface area contributed by atoms with E-state index < -0.39 is 6.17 Å². The molecule has 3 amide bonds. The van der Waals surface area contributed by atoms with Gasteiger partial charge in [-0.05, 0) is 44.2 Å². The summed E-state index contributed by atoms with van der Waals surface area (Å²) in [6.45, 7) is 4.83. The Labute approximate surface area is 192 Å². The maximum atomic E-state index is 13.4. The molecular formula is C26H26N4O3. The summed E-state index contributed by atoms with van der Waals surface area (Å²) in [5.74, 6) is -0.431. The molecule has 1 N–H and O–H groups in total. The van der Waals surface area contributed by atoms with E-state index >= 15 is 0 Å². The lowest BCUT2D eigenvalue weighted by molar-refractivity contribution is -0.121. The Bertz CT molecular complexity index is 1250. The van der Waals surface area contributed by atoms with Gasteiger partial charge in [-0.15, -0.1) is 0 Å². The zero-order valence-electron chi connectivity index (χ0n) is 18.7. The van der Waals surface area contributed by atoms with E-state index in [0.717, 1.165) is 11.3 Å². The molecule has 5 rings (SSSR count). The normalized spacial score (nSPS) is 16.6. The van der Waals surface area contributed by atoms with Gasteiger partial charge in [0.15, 0.2) is 0 Å². The number of carbonyl (C=O) groups excluding carboxylic acids is 3. The van der Waals surface area contributed by atoms with Gasteiger partial charge in [-0.1, -0.05) is 30.3 Å². The zero-order valence-corrected chi connectivity index (χ0v) is 18.7. The summed E-state index contributed by atoms with van der Waals surface area (Å²) in [6, 6.07) is 18.8. The van der Waals surface area contributed by atoms with Gasteiger partial charge in [0.25, 0.3) is 11.8 Å². The second-order valence-corrected chi connectivity index (χ2v) is 8.68. The molecule has 168 valence electrons. The monoisotopic (exact) mass is 442 g/mol. The van der Waals surface area contributed by atoms with Crippen molar-refractivity contribution < 1.29 is 14.4 Å². The molecular weight excluding hydrogens is 416 g/mol. The second kappa shape index (κ2) is 8.24. The first-order valence-corrected chi connectivity index (χ1v) is 11.2. The topological polar surface area (TPSA) is 74.7 Å². The fourth-order valence-electron chi connectivity index (χ4n) is 4.78. The molecule has 0 aliphatic carbocycles. The second-order valence-electron chi connectivity index (χ2n) is 8.68. The lowest BCUT2D eigenvalue weighted by atomic mass is 10.0. The van der Waals surface area contributed by atoms with Crippen LogP contribution in [0.5, 0.6) is 0 Å². The third-order valence-corrected chi connectivity index (χ3v) is 6.35. The molecule has 7 heteroatoms. The van der Waals surface area contributed by atoms with Crippen molar-refractivity contribution in [2.45, 2.75) is 39.0 Å². The molecule has 0 bridgehead atoms. The number of carbonyl (C=O) groups is 3. The first kappa shape index (κ1) is 21.0. The number of rotatable bonds is 6. The first-order valence-electron chi connectivity index (χ1n) is 11.2. The predicted octanol–water partition coefficient (Wildman–Crippen LogP) is 3.89. The van der Waals surface area contributed by atoms with Crippen molar-refractivity contribution in [2.75, 3.05) is 11.4 Å². The van der Waals surface area contributed by atoms with E-state index in [4.69, 9.17) is 0 Å². The van der Waals surface area contributed by atoms with Crippen molar-refractivity contribution in [3.63, 3.8) is 0 Å². The summed E-state index contributed by atoms with van der Waals surface area (Å²) in [4.78, 5) is 42.6. The van der Waals surface area contributed by atoms with E-state index in [1.807, 2.05) is 42.6 Å². The first-order chi connectivity index (χ1) is 16.0. The van der Waals surface area contributed by atoms with Crippen LogP contribution in [-0.4, -0.2) is 33.7 Å². The van der Waals surface area contributed by atoms with Gasteiger partial charge >= 0.3 is 0 Å². The van der Waals surface area contributed by atoms with Gasteiger partial charge in [-0.25, -0.2) is 0 Å². The molecule has 7 nitrogen and oxygen atoms in total. The minimum atomic E-state index is -0.540. The molecule has 3 aromatic rings. The minimum Gasteiger partial charge on any atom is -0.350 e. The van der Waals surface area contributed by atoms with Crippen LogP contribution in [0.2, 0.25) is 0 Å². The maximum Gasteiger partial charge on any atom is 0.260 e. The van der Waals surface area contributed by atoms with Crippen molar-refractivity contribution in [1.29, 1.82) is 0 Å². The number of nitrogens with zero attached hydrogens (tertiary/aromatic N) is 3. The number of hydrogen-bond donors (Lipinski definition) is 1. The highest BCUT2D eigenvalue weighted by Gasteiger charge is 2.47. The fraction of sp³-hybridized carbons (Fsp3) is 0.269. The lowest BCUT2D eigenvalue weighted by Gasteiger charge is -2.40. The molecule has 0 radical (unpaired) electrons. The van der Waals surface area contributed by atoms with Crippen LogP contribution < -0.4 is 10.2 Å². The summed E-state index contributed by atoms with van der Waals surface area (Å²) in [5.41, 5.74) is 3.51. The Kier molecular flexibility index (Phi) is 5.24. The number of para-hydroxylation sites is 1. The van der Waals surface area contributed by atoms with Gasteiger partial charge in [-0.2, -0.15) is 0 Å². The number of anilines is 1. The molecule has 0 fully saturated rings. The fourth-order valence-corrected chi connectivity index (χ4v) is 4.78. The molecule has 1 aromatic heterocycles. The highest BCUT2D eigenvalue weighted by molar-refractivity contribution is 6.16. The Hall–Kier alpha value is -3.87. The Morgan fingerprint density at radius 2 is 1.67 bits per heavy atom. The lowest BCUT2D eigenvalue weighted by Crippen LogP contribution is -2.49. The zero-order chi connectivity index (χ0) is 23.1. The molecule has 2 aliphatic rings. The van der Waals surface area contributed by atoms with Gasteiger partial charge < -0.3 is 14.8 Å². The number of fused-ring (bicyclic) bond motifs is 5. The molecule has 33 heavy (non-hydrogen) atoms. The highest BCUT2D eigenvalue weighted by atomic mass is 16.2. The smallest absolute Gasteiger partial charge is 0.260 e. The molecule has 0 spiro atoms. The van der Waals surface area contributed by atoms with Crippen molar-refractivity contribution in [3.8, 4) is 0 Å². The van der Waals surface area contributed by atoms with Crippen LogP contribution in [0.3, 0.4) is 0 Å². The average molecular weight is 443 g/mol. The largest absolute Gasteiger partial charge is 0.350 e. The van der Waals surface area contributed by atoms with E-state index in [0.29, 0.717) is 29.4 Å². The van der Waals surface area contributed by atoms with Crippen molar-refractivity contribution in [1.82, 2.24) is 14.8 Å². The Balaban J connectivity index is 1.36. The third-order valence-electron chi connectivity index (χ3n) is 6.35. The van der Waals surface area contributed by atoms with Crippen LogP contribution in [0.4, 0.5) is 5.69 Å². The maximum absolute atomic E-state index is 13.4. The summed E-state index contributed by atoms with van der Waals surface area (Å²) in [7, 11) is 0. The predicted molar refractivity (Wildman–Crippen MR) is 125 cm³/mol. The van der Waals surface area contributed by atoms with Crippen molar-refractivity contribution in [2.24, 2.45) is 0 Å². The van der Waals surface area contributed by atoms with Gasteiger partial charge in [0.05, 0.1) is 17.8 Å². The van der Waals surface area contributed by atoms with E-state index in [2.05, 4.69) is 23.7 Å². The molecule has 2 aromatic carbocycles. The summed E-state index contributed by atoms with van der Waals surface area (Å²) >= 11 is 0. The van der Waals surface area contributed by atoms with Gasteiger partial charge in [-0.3, -0.25) is 19.3 Å². The summed E-state index contributed by atoms with van der Waals surface area (Å²) < 4.78 is 2.12. The number of aromatic nitrogens is 1. The number of nitrogens with one attached hydrogen (secondary N) is 1. The summed E-state index contributed by atoms with van der Waals surface area (Å²) in [5, 5.41) is 2.96. The minimum absolute atomic E-state index is 0.126. The van der Waals surface area contributed by atoms with Crippen LogP contribution in [0.25, 0.3) is 0 Å². The number of amides is 3.